The number of nitrogens with zero attached hydrogens (tertiary/aromatic N) is 2. The van der Waals surface area contributed by atoms with Crippen LogP contribution in [-0.4, -0.2) is 23.5 Å². The highest BCUT2D eigenvalue weighted by atomic mass is 15.2. The van der Waals surface area contributed by atoms with Gasteiger partial charge in [-0.15, -0.1) is 0 Å². The van der Waals surface area contributed by atoms with Gasteiger partial charge in [-0.3, -0.25) is 4.90 Å². The van der Waals surface area contributed by atoms with E-state index in [1.54, 1.807) is 0 Å². The topological polar surface area (TPSA) is 27.0 Å². The van der Waals surface area contributed by atoms with E-state index in [1.165, 1.54) is 70.8 Å². The van der Waals surface area contributed by atoms with Gasteiger partial charge in [-0.2, -0.15) is 5.26 Å². The van der Waals surface area contributed by atoms with Gasteiger partial charge in [-0.05, 0) is 63.3 Å². The fourth-order valence-electron chi connectivity index (χ4n) is 5.49. The summed E-state index contributed by atoms with van der Waals surface area (Å²) in [4.78, 5) is 2.81. The summed E-state index contributed by atoms with van der Waals surface area (Å²) >= 11 is 0. The summed E-state index contributed by atoms with van der Waals surface area (Å²) < 4.78 is 0. The van der Waals surface area contributed by atoms with E-state index >= 15 is 0 Å². The van der Waals surface area contributed by atoms with E-state index in [0.717, 1.165) is 24.3 Å². The quantitative estimate of drug-likeness (QED) is 0.746. The maximum absolute atomic E-state index is 9.61. The maximum atomic E-state index is 9.61. The molecule has 4 atom stereocenters. The third-order valence-electron chi connectivity index (χ3n) is 6.50. The molecule has 0 amide bonds. The van der Waals surface area contributed by atoms with Crippen molar-refractivity contribution in [2.75, 3.05) is 6.54 Å². The normalized spacial score (nSPS) is 38.7. The molecule has 0 aromatic rings. The second-order valence-corrected chi connectivity index (χ2v) is 7.76. The van der Waals surface area contributed by atoms with Gasteiger partial charge in [-0.1, -0.05) is 32.6 Å². The standard InChI is InChI=1S/C19H32N2/c1-2-6-15-10-11-17(14-20)19(13-15)21-12-5-9-18(21)16-7-3-4-8-16/h15-19H,2-13H2,1H3. The molecule has 0 radical (unpaired) electrons. The smallest absolute Gasteiger partial charge is 0.0672 e. The van der Waals surface area contributed by atoms with Crippen molar-refractivity contribution in [1.82, 2.24) is 4.90 Å². The van der Waals surface area contributed by atoms with Gasteiger partial charge in [0.1, 0.15) is 0 Å². The predicted molar refractivity (Wildman–Crippen MR) is 86.8 cm³/mol. The highest BCUT2D eigenvalue weighted by molar-refractivity contribution is 5.01. The summed E-state index contributed by atoms with van der Waals surface area (Å²) in [6.07, 6.45) is 15.0. The van der Waals surface area contributed by atoms with Crippen LogP contribution < -0.4 is 0 Å². The van der Waals surface area contributed by atoms with Crippen LogP contribution in [-0.2, 0) is 0 Å². The number of nitriles is 1. The molecule has 4 unspecified atom stereocenters. The lowest BCUT2D eigenvalue weighted by molar-refractivity contribution is 0.0649. The summed E-state index contributed by atoms with van der Waals surface area (Å²) in [6.45, 7) is 3.57. The van der Waals surface area contributed by atoms with E-state index in [1.807, 2.05) is 0 Å². The van der Waals surface area contributed by atoms with Crippen molar-refractivity contribution in [2.45, 2.75) is 89.6 Å². The monoisotopic (exact) mass is 288 g/mol. The zero-order chi connectivity index (χ0) is 14.7. The Morgan fingerprint density at radius 1 is 1.00 bits per heavy atom. The van der Waals surface area contributed by atoms with Crippen LogP contribution in [0.15, 0.2) is 0 Å². The molecule has 3 fully saturated rings. The van der Waals surface area contributed by atoms with Gasteiger partial charge in [0.2, 0.25) is 0 Å². The maximum Gasteiger partial charge on any atom is 0.0672 e. The number of hydrogen-bond donors (Lipinski definition) is 0. The van der Waals surface area contributed by atoms with Crippen LogP contribution in [0, 0.1) is 29.1 Å². The van der Waals surface area contributed by atoms with Crippen LogP contribution in [0.1, 0.15) is 77.6 Å². The summed E-state index contributed by atoms with van der Waals surface area (Å²) in [5, 5.41) is 9.61. The highest BCUT2D eigenvalue weighted by Crippen LogP contribution is 2.41. The van der Waals surface area contributed by atoms with Gasteiger partial charge >= 0.3 is 0 Å². The molecule has 118 valence electrons. The molecule has 1 aliphatic heterocycles. The van der Waals surface area contributed by atoms with Gasteiger partial charge < -0.3 is 0 Å². The lowest BCUT2D eigenvalue weighted by atomic mass is 9.76. The van der Waals surface area contributed by atoms with E-state index in [9.17, 15) is 5.26 Å². The SMILES string of the molecule is CCCC1CCC(C#N)C(N2CCCC2C2CCCC2)C1. The molecule has 2 aliphatic carbocycles. The van der Waals surface area contributed by atoms with Crippen LogP contribution in [0.3, 0.4) is 0 Å². The molecule has 0 spiro atoms. The third-order valence-corrected chi connectivity index (χ3v) is 6.50. The molecule has 0 aromatic carbocycles. The third kappa shape index (κ3) is 3.29. The molecule has 0 N–H and O–H groups in total. The first-order valence-corrected chi connectivity index (χ1v) is 9.48. The Balaban J connectivity index is 1.70. The number of rotatable bonds is 4. The van der Waals surface area contributed by atoms with Crippen molar-refractivity contribution in [3.63, 3.8) is 0 Å². The Hall–Kier alpha value is -0.550. The molecule has 2 saturated carbocycles. The van der Waals surface area contributed by atoms with Crippen LogP contribution in [0.25, 0.3) is 0 Å². The summed E-state index contributed by atoms with van der Waals surface area (Å²) in [5.74, 6) is 2.13. The van der Waals surface area contributed by atoms with Crippen molar-refractivity contribution >= 4 is 0 Å². The first-order chi connectivity index (χ1) is 10.3. The van der Waals surface area contributed by atoms with Gasteiger partial charge in [-0.25, -0.2) is 0 Å². The highest BCUT2D eigenvalue weighted by Gasteiger charge is 2.41. The number of likely N-dealkylation sites (tertiary alicyclic amines) is 1. The van der Waals surface area contributed by atoms with Gasteiger partial charge in [0.05, 0.1) is 12.0 Å². The van der Waals surface area contributed by atoms with E-state index < -0.39 is 0 Å². The Morgan fingerprint density at radius 3 is 2.52 bits per heavy atom. The average Bonchev–Trinajstić information content (AvgIpc) is 3.18. The first kappa shape index (κ1) is 15.3. The van der Waals surface area contributed by atoms with Crippen molar-refractivity contribution in [1.29, 1.82) is 5.26 Å². The van der Waals surface area contributed by atoms with E-state index in [4.69, 9.17) is 0 Å². The summed E-state index contributed by atoms with van der Waals surface area (Å²) in [5.41, 5.74) is 0. The number of hydrogen-bond acceptors (Lipinski definition) is 2. The Labute approximate surface area is 130 Å². The molecule has 2 heteroatoms. The molecule has 21 heavy (non-hydrogen) atoms. The lowest BCUT2D eigenvalue weighted by Gasteiger charge is -2.42. The van der Waals surface area contributed by atoms with Crippen LogP contribution in [0.5, 0.6) is 0 Å². The molecular weight excluding hydrogens is 256 g/mol. The predicted octanol–water partition coefficient (Wildman–Crippen LogP) is 4.75. The fraction of sp³-hybridized carbons (Fsp3) is 0.947. The van der Waals surface area contributed by atoms with Crippen LogP contribution in [0.4, 0.5) is 0 Å². The fourth-order valence-corrected chi connectivity index (χ4v) is 5.49. The second kappa shape index (κ2) is 7.14. The summed E-state index contributed by atoms with van der Waals surface area (Å²) in [7, 11) is 0. The molecule has 2 nitrogen and oxygen atoms in total. The molecule has 1 heterocycles. The van der Waals surface area contributed by atoms with Crippen LogP contribution >= 0.6 is 0 Å². The summed E-state index contributed by atoms with van der Waals surface area (Å²) in [6, 6.07) is 4.05. The molecular formula is C19H32N2. The first-order valence-electron chi connectivity index (χ1n) is 9.48. The minimum Gasteiger partial charge on any atom is -0.296 e. The van der Waals surface area contributed by atoms with Crippen molar-refractivity contribution in [2.24, 2.45) is 17.8 Å². The molecule has 3 aliphatic rings. The second-order valence-electron chi connectivity index (χ2n) is 7.76. The average molecular weight is 288 g/mol. The van der Waals surface area contributed by atoms with Crippen molar-refractivity contribution < 1.29 is 0 Å². The van der Waals surface area contributed by atoms with Crippen molar-refractivity contribution in [3.05, 3.63) is 0 Å². The van der Waals surface area contributed by atoms with Gasteiger partial charge in [0.25, 0.3) is 0 Å². The molecule has 0 bridgehead atoms. The van der Waals surface area contributed by atoms with Gasteiger partial charge in [0, 0.05) is 12.1 Å². The minimum absolute atomic E-state index is 0.306. The van der Waals surface area contributed by atoms with E-state index in [2.05, 4.69) is 17.9 Å². The zero-order valence-electron chi connectivity index (χ0n) is 13.8. The molecule has 3 rings (SSSR count). The Morgan fingerprint density at radius 2 is 1.81 bits per heavy atom. The molecule has 0 aromatic heterocycles. The lowest BCUT2D eigenvalue weighted by Crippen LogP contribution is -2.48. The van der Waals surface area contributed by atoms with Crippen molar-refractivity contribution in [3.8, 4) is 6.07 Å². The zero-order valence-corrected chi connectivity index (χ0v) is 13.8. The van der Waals surface area contributed by atoms with E-state index in [0.29, 0.717) is 12.0 Å². The molecule has 1 saturated heterocycles. The van der Waals surface area contributed by atoms with Gasteiger partial charge in [0.15, 0.2) is 0 Å². The Kier molecular flexibility index (Phi) is 5.22. The Bertz CT molecular complexity index is 366. The van der Waals surface area contributed by atoms with E-state index in [-0.39, 0.29) is 0 Å². The minimum atomic E-state index is 0.306. The largest absolute Gasteiger partial charge is 0.296 e. The van der Waals surface area contributed by atoms with Crippen LogP contribution in [0.2, 0.25) is 0 Å².